The van der Waals surface area contributed by atoms with Gasteiger partial charge in [0.25, 0.3) is 0 Å². The van der Waals surface area contributed by atoms with Crippen molar-refractivity contribution < 1.29 is 41.4 Å². The van der Waals surface area contributed by atoms with Crippen LogP contribution in [0.5, 0.6) is 0 Å². The Balaban J connectivity index is 0. The molecule has 0 aliphatic rings. The summed E-state index contributed by atoms with van der Waals surface area (Å²) in [6.07, 6.45) is 2.98. The van der Waals surface area contributed by atoms with Gasteiger partial charge in [0.1, 0.15) is 5.60 Å². The molecule has 114 valence electrons. The molecule has 0 rings (SSSR count). The van der Waals surface area contributed by atoms with E-state index in [1.807, 2.05) is 0 Å². The Bertz CT molecular complexity index is 188. The molecule has 0 aliphatic heterocycles. The zero-order valence-electron chi connectivity index (χ0n) is 12.8. The summed E-state index contributed by atoms with van der Waals surface area (Å²) in [5.74, 6) is 0. The maximum absolute atomic E-state index is 10.3. The Labute approximate surface area is 132 Å². The number of unbranched alkanes of at least 4 members (excludes halogenated alkanes) is 2. The van der Waals surface area contributed by atoms with Gasteiger partial charge in [-0.2, -0.15) is 0 Å². The predicted molar refractivity (Wildman–Crippen MR) is 72.4 cm³/mol. The van der Waals surface area contributed by atoms with Crippen LogP contribution in [0.2, 0.25) is 0 Å². The van der Waals surface area contributed by atoms with E-state index in [-0.39, 0.29) is 28.1 Å². The monoisotopic (exact) mass is 310 g/mol. The van der Waals surface area contributed by atoms with E-state index in [1.54, 1.807) is 13.8 Å². The molecule has 4 nitrogen and oxygen atoms in total. The summed E-state index contributed by atoms with van der Waals surface area (Å²) in [5.41, 5.74) is -1.16. The van der Waals surface area contributed by atoms with Gasteiger partial charge in [0.15, 0.2) is 6.29 Å². The van der Waals surface area contributed by atoms with E-state index < -0.39 is 18.0 Å². The van der Waals surface area contributed by atoms with Gasteiger partial charge in [-0.05, 0) is 26.7 Å². The number of aliphatic hydroxyl groups excluding tert-OH is 1. The molecule has 2 N–H and O–H groups in total. The Morgan fingerprint density at radius 2 is 1.47 bits per heavy atom. The molecule has 0 aromatic carbocycles. The summed E-state index contributed by atoms with van der Waals surface area (Å²) in [4.78, 5) is 0. The molecule has 5 heteroatoms. The Morgan fingerprint density at radius 3 is 1.79 bits per heavy atom. The van der Waals surface area contributed by atoms with E-state index in [2.05, 4.69) is 13.8 Å². The van der Waals surface area contributed by atoms with Crippen molar-refractivity contribution >= 4 is 0 Å². The fourth-order valence-electron chi connectivity index (χ4n) is 1.77. The summed E-state index contributed by atoms with van der Waals surface area (Å²) in [6.45, 7) is 8.63. The summed E-state index contributed by atoms with van der Waals surface area (Å²) in [5, 5.41) is 19.7. The van der Waals surface area contributed by atoms with E-state index in [4.69, 9.17) is 9.47 Å². The molecular weight excluding hydrogens is 280 g/mol. The minimum atomic E-state index is -1.16. The number of rotatable bonds is 11. The third kappa shape index (κ3) is 10.9. The van der Waals surface area contributed by atoms with Gasteiger partial charge >= 0.3 is 0 Å². The quantitative estimate of drug-likeness (QED) is 0.350. The van der Waals surface area contributed by atoms with Crippen LogP contribution in [0.3, 0.4) is 0 Å². The molecular formula is C14H30O4Ti. The minimum Gasteiger partial charge on any atom is -0.393 e. The molecule has 0 bridgehead atoms. The van der Waals surface area contributed by atoms with Crippen LogP contribution >= 0.6 is 0 Å². The average molecular weight is 310 g/mol. The first-order valence-corrected chi connectivity index (χ1v) is 7.07. The SMILES string of the molecule is CCCCOC(OCCCC)C(C)(O)CC(C)O.[Ti]. The van der Waals surface area contributed by atoms with Crippen LogP contribution in [-0.2, 0) is 31.2 Å². The Hall–Kier alpha value is 0.554. The molecule has 0 aliphatic carbocycles. The van der Waals surface area contributed by atoms with Crippen molar-refractivity contribution in [3.8, 4) is 0 Å². The minimum absolute atomic E-state index is 0. The molecule has 0 radical (unpaired) electrons. The van der Waals surface area contributed by atoms with Gasteiger partial charge in [-0.25, -0.2) is 0 Å². The van der Waals surface area contributed by atoms with Crippen LogP contribution in [0, 0.1) is 0 Å². The second-order valence-electron chi connectivity index (χ2n) is 5.19. The fourth-order valence-corrected chi connectivity index (χ4v) is 1.77. The summed E-state index contributed by atoms with van der Waals surface area (Å²) >= 11 is 0. The first-order valence-electron chi connectivity index (χ1n) is 7.07. The third-order valence-electron chi connectivity index (χ3n) is 2.75. The largest absolute Gasteiger partial charge is 0.393 e. The van der Waals surface area contributed by atoms with Crippen molar-refractivity contribution in [1.29, 1.82) is 0 Å². The molecule has 0 saturated carbocycles. The maximum Gasteiger partial charge on any atom is 0.186 e. The van der Waals surface area contributed by atoms with Crippen molar-refractivity contribution in [2.45, 2.75) is 77.8 Å². The van der Waals surface area contributed by atoms with Crippen molar-refractivity contribution in [1.82, 2.24) is 0 Å². The maximum atomic E-state index is 10.3. The normalized spacial score (nSPS) is 15.9. The third-order valence-corrected chi connectivity index (χ3v) is 2.75. The van der Waals surface area contributed by atoms with Crippen LogP contribution in [0.15, 0.2) is 0 Å². The van der Waals surface area contributed by atoms with E-state index in [0.717, 1.165) is 25.7 Å². The number of hydrogen-bond acceptors (Lipinski definition) is 4. The number of ether oxygens (including phenoxy) is 2. The molecule has 0 spiro atoms. The van der Waals surface area contributed by atoms with Crippen LogP contribution in [0.1, 0.15) is 59.8 Å². The standard InChI is InChI=1S/C14H30O4.Ti/c1-5-7-9-17-13(18-10-8-6-2)14(4,16)11-12(3)15;/h12-13,15-16H,5-11H2,1-4H3;. The van der Waals surface area contributed by atoms with Crippen LogP contribution in [0.25, 0.3) is 0 Å². The van der Waals surface area contributed by atoms with Crippen LogP contribution in [0.4, 0.5) is 0 Å². The topological polar surface area (TPSA) is 58.9 Å². The van der Waals surface area contributed by atoms with Gasteiger partial charge in [-0.3, -0.25) is 0 Å². The molecule has 19 heavy (non-hydrogen) atoms. The molecule has 0 saturated heterocycles. The average Bonchev–Trinajstić information content (AvgIpc) is 2.25. The van der Waals surface area contributed by atoms with Gasteiger partial charge in [0.2, 0.25) is 0 Å². The van der Waals surface area contributed by atoms with E-state index in [1.165, 1.54) is 0 Å². The predicted octanol–water partition coefficient (Wildman–Crippen LogP) is 2.47. The Kier molecular flexibility index (Phi) is 14.1. The van der Waals surface area contributed by atoms with Crippen LogP contribution < -0.4 is 0 Å². The van der Waals surface area contributed by atoms with Crippen LogP contribution in [-0.4, -0.2) is 41.4 Å². The Morgan fingerprint density at radius 1 is 1.05 bits per heavy atom. The molecule has 0 amide bonds. The second kappa shape index (κ2) is 12.3. The molecule has 0 heterocycles. The first kappa shape index (κ1) is 21.8. The molecule has 2 atom stereocenters. The first-order chi connectivity index (χ1) is 8.44. The fraction of sp³-hybridized carbons (Fsp3) is 1.00. The van der Waals surface area contributed by atoms with Gasteiger partial charge in [0, 0.05) is 41.4 Å². The molecule has 0 aromatic heterocycles. The van der Waals surface area contributed by atoms with Crippen molar-refractivity contribution in [3.63, 3.8) is 0 Å². The van der Waals surface area contributed by atoms with Gasteiger partial charge in [-0.1, -0.05) is 26.7 Å². The van der Waals surface area contributed by atoms with E-state index >= 15 is 0 Å². The van der Waals surface area contributed by atoms with Gasteiger partial charge < -0.3 is 19.7 Å². The number of hydrogen-bond donors (Lipinski definition) is 2. The number of aliphatic hydroxyl groups is 2. The zero-order chi connectivity index (χ0) is 14.0. The van der Waals surface area contributed by atoms with Crippen molar-refractivity contribution in [2.24, 2.45) is 0 Å². The summed E-state index contributed by atoms with van der Waals surface area (Å²) < 4.78 is 11.2. The van der Waals surface area contributed by atoms with Gasteiger partial charge in [0.05, 0.1) is 6.10 Å². The van der Waals surface area contributed by atoms with E-state index in [0.29, 0.717) is 13.2 Å². The second-order valence-corrected chi connectivity index (χ2v) is 5.19. The molecule has 2 unspecified atom stereocenters. The smallest absolute Gasteiger partial charge is 0.186 e. The summed E-state index contributed by atoms with van der Waals surface area (Å²) in [6, 6.07) is 0. The zero-order valence-corrected chi connectivity index (χ0v) is 14.4. The molecule has 0 aromatic rings. The summed E-state index contributed by atoms with van der Waals surface area (Å²) in [7, 11) is 0. The van der Waals surface area contributed by atoms with E-state index in [9.17, 15) is 10.2 Å². The molecule has 0 fully saturated rings. The van der Waals surface area contributed by atoms with Gasteiger partial charge in [-0.15, -0.1) is 0 Å². The van der Waals surface area contributed by atoms with Crippen molar-refractivity contribution in [2.75, 3.05) is 13.2 Å². The van der Waals surface area contributed by atoms with Crippen molar-refractivity contribution in [3.05, 3.63) is 0 Å².